The van der Waals surface area contributed by atoms with E-state index in [2.05, 4.69) is 4.98 Å². The Labute approximate surface area is 221 Å². The van der Waals surface area contributed by atoms with Crippen molar-refractivity contribution in [1.29, 1.82) is 0 Å². The molecule has 0 aliphatic rings. The van der Waals surface area contributed by atoms with Crippen molar-refractivity contribution in [2.75, 3.05) is 7.11 Å². The number of hydrogen-bond donors (Lipinski definition) is 0. The maximum atomic E-state index is 12.4. The maximum Gasteiger partial charge on any atom is 0.265 e. The van der Waals surface area contributed by atoms with Gasteiger partial charge in [-0.1, -0.05) is 59.6 Å². The van der Waals surface area contributed by atoms with E-state index in [1.165, 1.54) is 17.6 Å². The van der Waals surface area contributed by atoms with Crippen LogP contribution in [0.4, 0.5) is 0 Å². The number of carbonyl (C=O) groups is 2. The lowest BCUT2D eigenvalue weighted by atomic mass is 9.97. The summed E-state index contributed by atoms with van der Waals surface area (Å²) in [4.78, 5) is 39.2. The van der Waals surface area contributed by atoms with Crippen LogP contribution in [0, 0.1) is 0 Å². The van der Waals surface area contributed by atoms with E-state index in [0.29, 0.717) is 50.5 Å². The topological polar surface area (TPSA) is 77.7 Å². The molecule has 0 amide bonds. The zero-order valence-corrected chi connectivity index (χ0v) is 21.0. The fourth-order valence-electron chi connectivity index (χ4n) is 4.23. The van der Waals surface area contributed by atoms with E-state index in [9.17, 15) is 14.4 Å². The number of fused-ring (bicyclic) bond motifs is 1. The van der Waals surface area contributed by atoms with Crippen molar-refractivity contribution in [3.05, 3.63) is 111 Å². The number of carbonyl (C=O) groups excluding carboxylic acids is 2. The molecule has 0 spiro atoms. The molecule has 0 atom stereocenters. The minimum absolute atomic E-state index is 0.0905. The number of methoxy groups -OCH3 is 1. The minimum Gasteiger partial charge on any atom is -0.480 e. The lowest BCUT2D eigenvalue weighted by Crippen LogP contribution is -2.17. The van der Waals surface area contributed by atoms with Crippen LogP contribution in [0.5, 0.6) is 5.88 Å². The highest BCUT2D eigenvalue weighted by molar-refractivity contribution is 6.39. The molecule has 3 heterocycles. The zero-order chi connectivity index (χ0) is 26.1. The number of nitrogens with zero attached hydrogens (tertiary/aromatic N) is 2. The summed E-state index contributed by atoms with van der Waals surface area (Å²) in [5.74, 6) is 0.213. The van der Waals surface area contributed by atoms with Crippen molar-refractivity contribution in [1.82, 2.24) is 9.38 Å². The van der Waals surface area contributed by atoms with Crippen molar-refractivity contribution in [2.24, 2.45) is 0 Å². The van der Waals surface area contributed by atoms with Crippen LogP contribution in [0.2, 0.25) is 10.0 Å². The lowest BCUT2D eigenvalue weighted by Gasteiger charge is -2.15. The van der Waals surface area contributed by atoms with Gasteiger partial charge in [0.25, 0.3) is 5.56 Å². The first-order chi connectivity index (χ1) is 18.0. The Morgan fingerprint density at radius 1 is 0.784 bits per heavy atom. The summed E-state index contributed by atoms with van der Waals surface area (Å²) in [6.45, 7) is 0. The molecule has 182 valence electrons. The monoisotopic (exact) mass is 528 g/mol. The van der Waals surface area contributed by atoms with Gasteiger partial charge in [0.1, 0.15) is 0 Å². The summed E-state index contributed by atoms with van der Waals surface area (Å²) in [5.41, 5.74) is 4.88. The number of rotatable bonds is 6. The van der Waals surface area contributed by atoms with Gasteiger partial charge >= 0.3 is 0 Å². The van der Waals surface area contributed by atoms with Crippen LogP contribution in [-0.2, 0) is 0 Å². The van der Waals surface area contributed by atoms with Gasteiger partial charge in [0.05, 0.1) is 34.0 Å². The number of benzene rings is 2. The molecule has 0 radical (unpaired) electrons. The van der Waals surface area contributed by atoms with Gasteiger partial charge in [-0.05, 0) is 42.0 Å². The molecule has 0 saturated heterocycles. The van der Waals surface area contributed by atoms with E-state index >= 15 is 0 Å². The van der Waals surface area contributed by atoms with E-state index in [1.807, 2.05) is 42.5 Å². The molecule has 2 aromatic carbocycles. The second-order valence-electron chi connectivity index (χ2n) is 8.17. The Bertz CT molecular complexity index is 1760. The molecule has 0 bridgehead atoms. The van der Waals surface area contributed by atoms with Crippen LogP contribution in [0.25, 0.3) is 39.0 Å². The summed E-state index contributed by atoms with van der Waals surface area (Å²) in [6, 6.07) is 21.4. The number of hydrogen-bond acceptors (Lipinski definition) is 5. The SMILES string of the molecule is COc1nc(-c2cccc(-c3cccc(-c4ccn5c(=O)c(C=O)ccc5c4)c3Cl)c2Cl)ccc1C=O. The first-order valence-electron chi connectivity index (χ1n) is 11.2. The third-order valence-corrected chi connectivity index (χ3v) is 6.91. The van der Waals surface area contributed by atoms with E-state index in [4.69, 9.17) is 27.9 Å². The summed E-state index contributed by atoms with van der Waals surface area (Å²) in [5, 5.41) is 0.931. The Morgan fingerprint density at radius 2 is 1.41 bits per heavy atom. The molecule has 5 rings (SSSR count). The van der Waals surface area contributed by atoms with E-state index in [0.717, 1.165) is 16.7 Å². The summed E-state index contributed by atoms with van der Waals surface area (Å²) in [6.07, 6.45) is 2.85. The van der Waals surface area contributed by atoms with Crippen LogP contribution in [0.3, 0.4) is 0 Å². The van der Waals surface area contributed by atoms with Crippen LogP contribution in [0.15, 0.2) is 83.8 Å². The van der Waals surface area contributed by atoms with Crippen molar-refractivity contribution in [3.63, 3.8) is 0 Å². The van der Waals surface area contributed by atoms with Gasteiger partial charge in [-0.3, -0.25) is 18.8 Å². The average Bonchev–Trinajstić information content (AvgIpc) is 2.93. The number of aromatic nitrogens is 2. The smallest absolute Gasteiger partial charge is 0.265 e. The Balaban J connectivity index is 1.62. The molecule has 0 saturated carbocycles. The van der Waals surface area contributed by atoms with Crippen LogP contribution in [0.1, 0.15) is 20.7 Å². The Hall–Kier alpha value is -4.26. The van der Waals surface area contributed by atoms with Crippen molar-refractivity contribution >= 4 is 41.3 Å². The quantitative estimate of drug-likeness (QED) is 0.231. The van der Waals surface area contributed by atoms with Gasteiger partial charge in [0.15, 0.2) is 12.6 Å². The van der Waals surface area contributed by atoms with Crippen molar-refractivity contribution in [2.45, 2.75) is 0 Å². The second-order valence-corrected chi connectivity index (χ2v) is 8.92. The molecule has 0 aliphatic heterocycles. The number of ether oxygens (including phenoxy) is 1. The standard InChI is InChI=1S/C29H18Cl2N2O4/c1-37-28-18(15-34)9-11-25(32-28)24-7-3-6-23(27(24)31)22-5-2-4-21(26(22)30)17-12-13-33-20(14-17)10-8-19(16-35)29(33)36/h2-16H,1H3. The molecule has 37 heavy (non-hydrogen) atoms. The number of halogens is 2. The van der Waals surface area contributed by atoms with Gasteiger partial charge in [-0.25, -0.2) is 4.98 Å². The minimum atomic E-state index is -0.381. The van der Waals surface area contributed by atoms with E-state index in [-0.39, 0.29) is 17.0 Å². The predicted molar refractivity (Wildman–Crippen MR) is 145 cm³/mol. The summed E-state index contributed by atoms with van der Waals surface area (Å²) in [7, 11) is 1.45. The molecule has 3 aromatic heterocycles. The third kappa shape index (κ3) is 4.31. The van der Waals surface area contributed by atoms with Gasteiger partial charge in [-0.15, -0.1) is 0 Å². The largest absolute Gasteiger partial charge is 0.480 e. The normalized spacial score (nSPS) is 10.9. The second kappa shape index (κ2) is 10.0. The first-order valence-corrected chi connectivity index (χ1v) is 11.9. The molecule has 6 nitrogen and oxygen atoms in total. The van der Waals surface area contributed by atoms with E-state index in [1.54, 1.807) is 30.5 Å². The van der Waals surface area contributed by atoms with Crippen LogP contribution in [-0.4, -0.2) is 29.1 Å². The molecule has 0 aliphatic carbocycles. The third-order valence-electron chi connectivity index (χ3n) is 6.10. The van der Waals surface area contributed by atoms with E-state index < -0.39 is 0 Å². The highest BCUT2D eigenvalue weighted by Crippen LogP contribution is 2.42. The fourth-order valence-corrected chi connectivity index (χ4v) is 4.89. The zero-order valence-electron chi connectivity index (χ0n) is 19.4. The summed E-state index contributed by atoms with van der Waals surface area (Å²) >= 11 is 13.8. The van der Waals surface area contributed by atoms with Gasteiger partial charge in [-0.2, -0.15) is 0 Å². The van der Waals surface area contributed by atoms with Gasteiger partial charge in [0, 0.05) is 34.0 Å². The molecule has 0 unspecified atom stereocenters. The first kappa shape index (κ1) is 24.4. The lowest BCUT2D eigenvalue weighted by molar-refractivity contribution is 0.111. The fraction of sp³-hybridized carbons (Fsp3) is 0.0345. The molecule has 0 fully saturated rings. The van der Waals surface area contributed by atoms with Gasteiger partial charge < -0.3 is 4.74 Å². The maximum absolute atomic E-state index is 12.4. The van der Waals surface area contributed by atoms with Gasteiger partial charge in [0.2, 0.25) is 5.88 Å². The Morgan fingerprint density at radius 3 is 2.08 bits per heavy atom. The van der Waals surface area contributed by atoms with Crippen LogP contribution < -0.4 is 10.3 Å². The van der Waals surface area contributed by atoms with Crippen LogP contribution >= 0.6 is 23.2 Å². The molecule has 8 heteroatoms. The highest BCUT2D eigenvalue weighted by atomic mass is 35.5. The molecular weight excluding hydrogens is 511 g/mol. The van der Waals surface area contributed by atoms with Crippen molar-refractivity contribution < 1.29 is 14.3 Å². The molecule has 0 N–H and O–H groups in total. The summed E-state index contributed by atoms with van der Waals surface area (Å²) < 4.78 is 6.66. The number of aldehydes is 2. The molecular formula is C29H18Cl2N2O4. The number of pyridine rings is 3. The van der Waals surface area contributed by atoms with Crippen molar-refractivity contribution in [3.8, 4) is 39.4 Å². The predicted octanol–water partition coefficient (Wildman–Crippen LogP) is 6.64. The highest BCUT2D eigenvalue weighted by Gasteiger charge is 2.17. The molecule has 5 aromatic rings. The average molecular weight is 529 g/mol. The Kier molecular flexibility index (Phi) is 6.61.